The van der Waals surface area contributed by atoms with Crippen molar-refractivity contribution in [2.45, 2.75) is 0 Å². The summed E-state index contributed by atoms with van der Waals surface area (Å²) in [5, 5.41) is 13.6. The van der Waals surface area contributed by atoms with E-state index < -0.39 is 0 Å². The molecular formula is C15H12ClFN4O. The summed E-state index contributed by atoms with van der Waals surface area (Å²) in [7, 11) is 1.56. The van der Waals surface area contributed by atoms with Gasteiger partial charge in [-0.05, 0) is 24.3 Å². The van der Waals surface area contributed by atoms with Crippen LogP contribution in [-0.4, -0.2) is 22.5 Å². The van der Waals surface area contributed by atoms with Crippen molar-refractivity contribution in [1.29, 1.82) is 0 Å². The van der Waals surface area contributed by atoms with Gasteiger partial charge >= 0.3 is 0 Å². The van der Waals surface area contributed by atoms with Gasteiger partial charge in [-0.25, -0.2) is 4.39 Å². The molecular weight excluding hydrogens is 307 g/mol. The molecule has 5 nitrogen and oxygen atoms in total. The van der Waals surface area contributed by atoms with E-state index in [-0.39, 0.29) is 5.82 Å². The molecule has 1 aromatic heterocycles. The second-order valence-electron chi connectivity index (χ2n) is 4.49. The maximum atomic E-state index is 13.2. The Bertz CT molecular complexity index is 792. The highest BCUT2D eigenvalue weighted by molar-refractivity contribution is 6.33. The van der Waals surface area contributed by atoms with E-state index in [2.05, 4.69) is 20.7 Å². The number of hydrogen-bond acceptors (Lipinski definition) is 4. The Balaban J connectivity index is 2.08. The van der Waals surface area contributed by atoms with E-state index in [1.807, 2.05) is 18.2 Å². The van der Waals surface area contributed by atoms with Crippen molar-refractivity contribution in [1.82, 2.24) is 15.4 Å². The van der Waals surface area contributed by atoms with Gasteiger partial charge in [-0.3, -0.25) is 0 Å². The summed E-state index contributed by atoms with van der Waals surface area (Å²) in [6.45, 7) is 0. The number of methoxy groups -OCH3 is 1. The third-order valence-electron chi connectivity index (χ3n) is 3.12. The number of hydrogen-bond donors (Lipinski definition) is 2. The highest BCUT2D eigenvalue weighted by atomic mass is 35.5. The van der Waals surface area contributed by atoms with Crippen LogP contribution in [0.2, 0.25) is 5.02 Å². The smallest absolute Gasteiger partial charge is 0.172 e. The maximum Gasteiger partial charge on any atom is 0.172 e. The average Bonchev–Trinajstić information content (AvgIpc) is 3.00. The lowest BCUT2D eigenvalue weighted by Gasteiger charge is -2.15. The van der Waals surface area contributed by atoms with Gasteiger partial charge in [-0.15, -0.1) is 5.10 Å². The number of anilines is 2. The molecule has 1 heterocycles. The fourth-order valence-corrected chi connectivity index (χ4v) is 2.44. The molecule has 112 valence electrons. The van der Waals surface area contributed by atoms with E-state index in [0.29, 0.717) is 27.8 Å². The van der Waals surface area contributed by atoms with Crippen LogP contribution in [0.4, 0.5) is 15.9 Å². The van der Waals surface area contributed by atoms with Crippen LogP contribution < -0.4 is 10.1 Å². The lowest BCUT2D eigenvalue weighted by atomic mass is 10.0. The number of rotatable bonds is 4. The number of para-hydroxylation sites is 1. The predicted molar refractivity (Wildman–Crippen MR) is 83.1 cm³/mol. The number of aromatic nitrogens is 3. The summed E-state index contributed by atoms with van der Waals surface area (Å²) in [6.07, 6.45) is 1.55. The maximum absolute atomic E-state index is 13.2. The summed E-state index contributed by atoms with van der Waals surface area (Å²) in [5.74, 6) is 0.754. The Kier molecular flexibility index (Phi) is 3.93. The molecule has 7 heteroatoms. The molecule has 0 saturated heterocycles. The van der Waals surface area contributed by atoms with Crippen LogP contribution >= 0.6 is 11.6 Å². The quantitative estimate of drug-likeness (QED) is 0.762. The first-order chi connectivity index (χ1) is 10.7. The molecule has 0 unspecified atom stereocenters. The molecule has 0 radical (unpaired) electrons. The lowest BCUT2D eigenvalue weighted by Crippen LogP contribution is -1.97. The molecule has 0 spiro atoms. The van der Waals surface area contributed by atoms with Crippen molar-refractivity contribution in [3.63, 3.8) is 0 Å². The average molecular weight is 319 g/mol. The second kappa shape index (κ2) is 6.03. The van der Waals surface area contributed by atoms with Crippen molar-refractivity contribution in [2.75, 3.05) is 12.4 Å². The largest absolute Gasteiger partial charge is 0.494 e. The number of aromatic amines is 1. The van der Waals surface area contributed by atoms with E-state index >= 15 is 0 Å². The fourth-order valence-electron chi connectivity index (χ4n) is 2.18. The van der Waals surface area contributed by atoms with Crippen molar-refractivity contribution < 1.29 is 9.13 Å². The molecule has 3 aromatic rings. The van der Waals surface area contributed by atoms with Crippen LogP contribution in [0.3, 0.4) is 0 Å². The monoisotopic (exact) mass is 318 g/mol. The summed E-state index contributed by atoms with van der Waals surface area (Å²) in [5.41, 5.74) is 2.14. The van der Waals surface area contributed by atoms with Gasteiger partial charge < -0.3 is 10.1 Å². The van der Waals surface area contributed by atoms with Crippen LogP contribution in [0.5, 0.6) is 5.75 Å². The number of nitrogens with one attached hydrogen (secondary N) is 2. The fraction of sp³-hybridized carbons (Fsp3) is 0.0667. The minimum absolute atomic E-state index is 0.317. The van der Waals surface area contributed by atoms with Gasteiger partial charge in [0.05, 0.1) is 24.0 Å². The molecule has 22 heavy (non-hydrogen) atoms. The Morgan fingerprint density at radius 2 is 2.09 bits per heavy atom. The van der Waals surface area contributed by atoms with Crippen LogP contribution in [0, 0.1) is 5.82 Å². The Morgan fingerprint density at radius 1 is 1.23 bits per heavy atom. The molecule has 0 amide bonds. The van der Waals surface area contributed by atoms with Gasteiger partial charge in [0.2, 0.25) is 0 Å². The molecule has 0 aliphatic rings. The zero-order chi connectivity index (χ0) is 15.5. The van der Waals surface area contributed by atoms with Crippen LogP contribution in [0.25, 0.3) is 11.1 Å². The third kappa shape index (κ3) is 2.73. The number of nitrogens with zero attached hydrogens (tertiary/aromatic N) is 2. The first kappa shape index (κ1) is 14.3. The zero-order valence-electron chi connectivity index (χ0n) is 11.6. The molecule has 2 N–H and O–H groups in total. The van der Waals surface area contributed by atoms with Crippen molar-refractivity contribution in [3.05, 3.63) is 53.4 Å². The molecule has 0 bridgehead atoms. The number of H-pyrrole nitrogens is 1. The van der Waals surface area contributed by atoms with Crippen molar-refractivity contribution in [3.8, 4) is 16.9 Å². The summed E-state index contributed by atoms with van der Waals surface area (Å²) < 4.78 is 18.7. The van der Waals surface area contributed by atoms with Gasteiger partial charge in [0, 0.05) is 11.1 Å². The number of ether oxygens (including phenoxy) is 1. The van der Waals surface area contributed by atoms with Crippen molar-refractivity contribution >= 4 is 23.1 Å². The first-order valence-corrected chi connectivity index (χ1v) is 6.82. The lowest BCUT2D eigenvalue weighted by molar-refractivity contribution is 0.418. The van der Waals surface area contributed by atoms with Crippen LogP contribution in [0.1, 0.15) is 0 Å². The first-order valence-electron chi connectivity index (χ1n) is 6.44. The highest BCUT2D eigenvalue weighted by Crippen LogP contribution is 2.40. The molecule has 0 fully saturated rings. The van der Waals surface area contributed by atoms with E-state index in [9.17, 15) is 4.39 Å². The highest BCUT2D eigenvalue weighted by Gasteiger charge is 2.14. The minimum atomic E-state index is -0.385. The zero-order valence-corrected chi connectivity index (χ0v) is 12.4. The molecule has 0 saturated carbocycles. The van der Waals surface area contributed by atoms with E-state index in [4.69, 9.17) is 16.3 Å². The normalized spacial score (nSPS) is 10.5. The predicted octanol–water partition coefficient (Wildman–Crippen LogP) is 4.02. The molecule has 0 atom stereocenters. The third-order valence-corrected chi connectivity index (χ3v) is 3.43. The van der Waals surface area contributed by atoms with E-state index in [1.165, 1.54) is 12.1 Å². The Morgan fingerprint density at radius 3 is 2.77 bits per heavy atom. The summed E-state index contributed by atoms with van der Waals surface area (Å²) in [6, 6.07) is 9.79. The van der Waals surface area contributed by atoms with Crippen LogP contribution in [-0.2, 0) is 0 Å². The topological polar surface area (TPSA) is 62.8 Å². The molecule has 3 rings (SSSR count). The molecule has 2 aromatic carbocycles. The molecule has 0 aliphatic carbocycles. The SMILES string of the molecule is COc1c(Nc2cn[nH]n2)cccc1-c1ccc(F)cc1Cl. The van der Waals surface area contributed by atoms with Gasteiger partial charge in [0.15, 0.2) is 5.82 Å². The Hall–Kier alpha value is -2.60. The standard InChI is InChI=1S/C15H12ClFN4O/c1-22-15-11(10-6-5-9(17)7-12(10)16)3-2-4-13(15)19-14-8-18-21-20-14/h2-8H,1H3,(H2,18,19,20,21). The van der Waals surface area contributed by atoms with Gasteiger partial charge in [-0.1, -0.05) is 23.7 Å². The van der Waals surface area contributed by atoms with Gasteiger partial charge in [0.25, 0.3) is 0 Å². The van der Waals surface area contributed by atoms with Crippen molar-refractivity contribution in [2.24, 2.45) is 0 Å². The number of halogens is 2. The Labute approximate surface area is 131 Å². The van der Waals surface area contributed by atoms with E-state index in [1.54, 1.807) is 19.4 Å². The second-order valence-corrected chi connectivity index (χ2v) is 4.90. The van der Waals surface area contributed by atoms with Crippen LogP contribution in [0.15, 0.2) is 42.6 Å². The summed E-state index contributed by atoms with van der Waals surface area (Å²) in [4.78, 5) is 0. The minimum Gasteiger partial charge on any atom is -0.494 e. The van der Waals surface area contributed by atoms with E-state index in [0.717, 1.165) is 5.56 Å². The van der Waals surface area contributed by atoms with Gasteiger partial charge in [-0.2, -0.15) is 10.3 Å². The molecule has 0 aliphatic heterocycles. The number of benzene rings is 2. The van der Waals surface area contributed by atoms with Gasteiger partial charge in [0.1, 0.15) is 11.6 Å². The summed E-state index contributed by atoms with van der Waals surface area (Å²) >= 11 is 6.14.